The number of nitriles is 1. The fourth-order valence-electron chi connectivity index (χ4n) is 0.524. The molecule has 0 radical (unpaired) electrons. The Kier molecular flexibility index (Phi) is 1.92. The van der Waals surface area contributed by atoms with Crippen LogP contribution in [0.25, 0.3) is 0 Å². The van der Waals surface area contributed by atoms with Crippen LogP contribution in [-0.4, -0.2) is 9.97 Å². The summed E-state index contributed by atoms with van der Waals surface area (Å²) in [5.74, 6) is 0.231. The van der Waals surface area contributed by atoms with Crippen LogP contribution in [0.15, 0.2) is 4.60 Å². The minimum absolute atomic E-state index is 0.0493. The predicted molar refractivity (Wildman–Crippen MR) is 43.3 cm³/mol. The molecule has 0 atom stereocenters. The maximum absolute atomic E-state index is 8.44. The molecule has 6 heteroatoms. The highest BCUT2D eigenvalue weighted by molar-refractivity contribution is 9.10. The Labute approximate surface area is 71.2 Å². The van der Waals surface area contributed by atoms with Gasteiger partial charge in [0.15, 0.2) is 17.3 Å². The summed E-state index contributed by atoms with van der Waals surface area (Å²) in [5.41, 5.74) is 10.7. The van der Waals surface area contributed by atoms with Crippen LogP contribution >= 0.6 is 15.9 Å². The summed E-state index contributed by atoms with van der Waals surface area (Å²) in [6.45, 7) is 0. The molecule has 0 aliphatic heterocycles. The Morgan fingerprint density at radius 3 is 2.45 bits per heavy atom. The van der Waals surface area contributed by atoms with E-state index >= 15 is 0 Å². The van der Waals surface area contributed by atoms with Gasteiger partial charge < -0.3 is 11.5 Å². The van der Waals surface area contributed by atoms with Gasteiger partial charge in [0.25, 0.3) is 0 Å². The summed E-state index contributed by atoms with van der Waals surface area (Å²) in [5, 5.41) is 8.44. The number of nitrogens with two attached hydrogens (primary N) is 2. The van der Waals surface area contributed by atoms with Crippen molar-refractivity contribution in [1.29, 1.82) is 5.26 Å². The van der Waals surface area contributed by atoms with E-state index < -0.39 is 0 Å². The molecule has 0 saturated carbocycles. The Bertz CT molecular complexity index is 328. The van der Waals surface area contributed by atoms with Crippen LogP contribution in [0.1, 0.15) is 5.69 Å². The van der Waals surface area contributed by atoms with Crippen molar-refractivity contribution in [2.75, 3.05) is 11.5 Å². The number of anilines is 2. The standard InChI is InChI=1S/C5H4BrN5/c6-3-5(9)11-4(8)2(1-7)10-3/h(H4,8,9,11). The molecule has 0 bridgehead atoms. The van der Waals surface area contributed by atoms with E-state index in [-0.39, 0.29) is 17.3 Å². The quantitative estimate of drug-likeness (QED) is 0.645. The zero-order valence-corrected chi connectivity index (χ0v) is 6.96. The van der Waals surface area contributed by atoms with Gasteiger partial charge in [-0.3, -0.25) is 0 Å². The normalized spacial score (nSPS) is 9.09. The number of nitrogens with zero attached hydrogens (tertiary/aromatic N) is 3. The molecule has 1 aromatic heterocycles. The predicted octanol–water partition coefficient (Wildman–Crippen LogP) is 0.275. The molecule has 0 aromatic carbocycles. The molecule has 0 fully saturated rings. The second kappa shape index (κ2) is 2.72. The van der Waals surface area contributed by atoms with Gasteiger partial charge in [0, 0.05) is 0 Å². The van der Waals surface area contributed by atoms with Crippen molar-refractivity contribution in [1.82, 2.24) is 9.97 Å². The molecular formula is C5H4BrN5. The Balaban J connectivity index is 3.35. The van der Waals surface area contributed by atoms with Gasteiger partial charge in [0.05, 0.1) is 0 Å². The van der Waals surface area contributed by atoms with Gasteiger partial charge in [0.2, 0.25) is 0 Å². The minimum atomic E-state index is 0.0493. The number of rotatable bonds is 0. The fourth-order valence-corrected chi connectivity index (χ4v) is 0.790. The first-order valence-electron chi connectivity index (χ1n) is 2.63. The summed E-state index contributed by atoms with van der Waals surface area (Å²) in [7, 11) is 0. The minimum Gasteiger partial charge on any atom is -0.381 e. The van der Waals surface area contributed by atoms with Crippen molar-refractivity contribution in [2.45, 2.75) is 0 Å². The van der Waals surface area contributed by atoms with E-state index in [4.69, 9.17) is 16.7 Å². The van der Waals surface area contributed by atoms with Gasteiger partial charge in [-0.05, 0) is 15.9 Å². The second-order valence-electron chi connectivity index (χ2n) is 1.75. The third-order valence-electron chi connectivity index (χ3n) is 1.01. The second-order valence-corrected chi connectivity index (χ2v) is 2.50. The van der Waals surface area contributed by atoms with Gasteiger partial charge in [-0.25, -0.2) is 9.97 Å². The smallest absolute Gasteiger partial charge is 0.184 e. The van der Waals surface area contributed by atoms with Gasteiger partial charge in [0.1, 0.15) is 10.7 Å². The zero-order chi connectivity index (χ0) is 8.43. The van der Waals surface area contributed by atoms with Gasteiger partial charge in [-0.1, -0.05) is 0 Å². The van der Waals surface area contributed by atoms with E-state index in [1.807, 2.05) is 0 Å². The largest absolute Gasteiger partial charge is 0.381 e. The van der Waals surface area contributed by atoms with E-state index in [1.165, 1.54) is 0 Å². The lowest BCUT2D eigenvalue weighted by Gasteiger charge is -1.98. The van der Waals surface area contributed by atoms with Gasteiger partial charge >= 0.3 is 0 Å². The Hall–Kier alpha value is -1.35. The monoisotopic (exact) mass is 213 g/mol. The van der Waals surface area contributed by atoms with Crippen LogP contribution in [0.5, 0.6) is 0 Å². The first-order chi connectivity index (χ1) is 5.15. The zero-order valence-electron chi connectivity index (χ0n) is 5.37. The SMILES string of the molecule is N#Cc1nc(Br)c(N)nc1N. The molecule has 0 saturated heterocycles. The molecule has 0 aliphatic rings. The topological polar surface area (TPSA) is 102 Å². The third kappa shape index (κ3) is 1.38. The summed E-state index contributed by atoms with van der Waals surface area (Å²) in [6.07, 6.45) is 0. The van der Waals surface area contributed by atoms with Gasteiger partial charge in [-0.15, -0.1) is 0 Å². The lowest BCUT2D eigenvalue weighted by Crippen LogP contribution is -2.02. The first kappa shape index (κ1) is 7.75. The van der Waals surface area contributed by atoms with Crippen LogP contribution in [-0.2, 0) is 0 Å². The van der Waals surface area contributed by atoms with E-state index in [2.05, 4.69) is 25.9 Å². The first-order valence-corrected chi connectivity index (χ1v) is 3.43. The molecule has 11 heavy (non-hydrogen) atoms. The molecule has 56 valence electrons. The van der Waals surface area contributed by atoms with Crippen LogP contribution in [0, 0.1) is 11.3 Å². The van der Waals surface area contributed by atoms with Crippen molar-refractivity contribution >= 4 is 27.6 Å². The molecule has 0 unspecified atom stereocenters. The molecule has 0 aliphatic carbocycles. The molecule has 0 amide bonds. The lowest BCUT2D eigenvalue weighted by atomic mass is 10.4. The Morgan fingerprint density at radius 1 is 1.27 bits per heavy atom. The lowest BCUT2D eigenvalue weighted by molar-refractivity contribution is 1.15. The molecule has 1 rings (SSSR count). The average Bonchev–Trinajstić information content (AvgIpc) is 1.97. The molecular weight excluding hydrogens is 210 g/mol. The van der Waals surface area contributed by atoms with Crippen molar-refractivity contribution in [3.05, 3.63) is 10.3 Å². The highest BCUT2D eigenvalue weighted by Crippen LogP contribution is 2.16. The van der Waals surface area contributed by atoms with Crippen molar-refractivity contribution < 1.29 is 0 Å². The molecule has 4 N–H and O–H groups in total. The van der Waals surface area contributed by atoms with Crippen LogP contribution in [0.4, 0.5) is 11.6 Å². The fraction of sp³-hybridized carbons (Fsp3) is 0. The number of hydrogen-bond donors (Lipinski definition) is 2. The molecule has 1 aromatic rings. The maximum Gasteiger partial charge on any atom is 0.184 e. The molecule has 0 spiro atoms. The van der Waals surface area contributed by atoms with E-state index in [0.717, 1.165) is 0 Å². The van der Waals surface area contributed by atoms with E-state index in [1.54, 1.807) is 6.07 Å². The summed E-state index contributed by atoms with van der Waals surface area (Å²) >= 11 is 3.02. The third-order valence-corrected chi connectivity index (χ3v) is 1.59. The number of halogens is 1. The number of nitrogen functional groups attached to an aromatic ring is 2. The van der Waals surface area contributed by atoms with E-state index in [9.17, 15) is 0 Å². The van der Waals surface area contributed by atoms with E-state index in [0.29, 0.717) is 4.60 Å². The average molecular weight is 214 g/mol. The van der Waals surface area contributed by atoms with Crippen LogP contribution in [0.3, 0.4) is 0 Å². The number of aromatic nitrogens is 2. The van der Waals surface area contributed by atoms with Gasteiger partial charge in [-0.2, -0.15) is 5.26 Å². The highest BCUT2D eigenvalue weighted by atomic mass is 79.9. The summed E-state index contributed by atoms with van der Waals surface area (Å²) < 4.78 is 0.336. The van der Waals surface area contributed by atoms with Crippen LogP contribution in [0.2, 0.25) is 0 Å². The van der Waals surface area contributed by atoms with Crippen molar-refractivity contribution in [3.63, 3.8) is 0 Å². The summed E-state index contributed by atoms with van der Waals surface area (Å²) in [4.78, 5) is 7.40. The maximum atomic E-state index is 8.44. The van der Waals surface area contributed by atoms with Crippen molar-refractivity contribution in [3.8, 4) is 6.07 Å². The molecule has 1 heterocycles. The molecule has 5 nitrogen and oxygen atoms in total. The Morgan fingerprint density at radius 2 is 1.91 bits per heavy atom. The highest BCUT2D eigenvalue weighted by Gasteiger charge is 2.05. The van der Waals surface area contributed by atoms with Crippen LogP contribution < -0.4 is 11.5 Å². The summed E-state index contributed by atoms with van der Waals surface area (Å²) in [6, 6.07) is 1.78. The number of hydrogen-bond acceptors (Lipinski definition) is 5. The van der Waals surface area contributed by atoms with Crippen molar-refractivity contribution in [2.24, 2.45) is 0 Å².